The number of halogens is 1. The van der Waals surface area contributed by atoms with Crippen LogP contribution < -0.4 is 15.4 Å². The monoisotopic (exact) mass is 497 g/mol. The molecule has 0 fully saturated rings. The Morgan fingerprint density at radius 2 is 1.93 bits per heavy atom. The summed E-state index contributed by atoms with van der Waals surface area (Å²) >= 11 is 0. The van der Waals surface area contributed by atoms with Crippen LogP contribution in [-0.4, -0.2) is 56.5 Å². The molecule has 1 aromatic carbocycles. The second-order valence-corrected chi connectivity index (χ2v) is 6.17. The first kappa shape index (κ1) is 23.7. The number of carbonyl (C=O) groups is 1. The van der Waals surface area contributed by atoms with Gasteiger partial charge in [0.2, 0.25) is 5.88 Å². The Morgan fingerprint density at radius 1 is 1.18 bits per heavy atom. The van der Waals surface area contributed by atoms with E-state index in [2.05, 4.69) is 20.6 Å². The fourth-order valence-electron chi connectivity index (χ4n) is 2.51. The maximum atomic E-state index is 12.1. The molecule has 0 unspecified atom stereocenters. The van der Waals surface area contributed by atoms with Crippen LogP contribution in [0.1, 0.15) is 21.6 Å². The third-order valence-corrected chi connectivity index (χ3v) is 3.94. The summed E-state index contributed by atoms with van der Waals surface area (Å²) in [6.07, 6.45) is 0.784. The smallest absolute Gasteiger partial charge is 0.253 e. The number of aliphatic imine (C=N–C) groups is 1. The average Bonchev–Trinajstić information content (AvgIpc) is 2.70. The molecule has 0 saturated carbocycles. The van der Waals surface area contributed by atoms with Crippen molar-refractivity contribution in [3.8, 4) is 5.88 Å². The minimum Gasteiger partial charge on any atom is -0.481 e. The highest BCUT2D eigenvalue weighted by molar-refractivity contribution is 14.0. The number of benzene rings is 1. The number of rotatable bonds is 7. The quantitative estimate of drug-likeness (QED) is 0.349. The van der Waals surface area contributed by atoms with Crippen LogP contribution in [0.3, 0.4) is 0 Å². The third kappa shape index (κ3) is 7.34. The Balaban J connectivity index is 0.00000392. The number of aromatic nitrogens is 1. The van der Waals surface area contributed by atoms with Crippen molar-refractivity contribution in [3.05, 3.63) is 59.3 Å². The maximum absolute atomic E-state index is 12.1. The molecule has 2 aromatic rings. The molecule has 0 saturated heterocycles. The average molecular weight is 497 g/mol. The fourth-order valence-corrected chi connectivity index (χ4v) is 2.51. The topological polar surface area (TPSA) is 78.9 Å². The molecule has 152 valence electrons. The van der Waals surface area contributed by atoms with Crippen LogP contribution in [0.5, 0.6) is 5.88 Å². The molecule has 8 heteroatoms. The molecule has 2 rings (SSSR count). The lowest BCUT2D eigenvalue weighted by molar-refractivity contribution is 0.0827. The molecule has 1 heterocycles. The SMILES string of the molecule is CN=C(NCCc1cccc(C(=O)N(C)C)c1)NCc1cccc(OC)n1.I. The van der Waals surface area contributed by atoms with Crippen molar-refractivity contribution in [2.24, 2.45) is 4.99 Å². The molecular formula is C20H28IN5O2. The first-order chi connectivity index (χ1) is 13.0. The number of guanidine groups is 1. The lowest BCUT2D eigenvalue weighted by Gasteiger charge is -2.13. The number of nitrogens with zero attached hydrogens (tertiary/aromatic N) is 3. The van der Waals surface area contributed by atoms with E-state index in [1.54, 1.807) is 33.2 Å². The van der Waals surface area contributed by atoms with Crippen LogP contribution in [0.15, 0.2) is 47.5 Å². The van der Waals surface area contributed by atoms with Crippen molar-refractivity contribution in [2.45, 2.75) is 13.0 Å². The van der Waals surface area contributed by atoms with Crippen LogP contribution in [-0.2, 0) is 13.0 Å². The summed E-state index contributed by atoms with van der Waals surface area (Å²) in [5, 5.41) is 6.50. The second-order valence-electron chi connectivity index (χ2n) is 6.17. The lowest BCUT2D eigenvalue weighted by Crippen LogP contribution is -2.38. The molecule has 1 aromatic heterocycles. The number of methoxy groups -OCH3 is 1. The summed E-state index contributed by atoms with van der Waals surface area (Å²) in [4.78, 5) is 22.2. The first-order valence-electron chi connectivity index (χ1n) is 8.78. The number of nitrogens with one attached hydrogen (secondary N) is 2. The van der Waals surface area contributed by atoms with E-state index in [-0.39, 0.29) is 29.9 Å². The van der Waals surface area contributed by atoms with Gasteiger partial charge in [0, 0.05) is 39.3 Å². The highest BCUT2D eigenvalue weighted by Crippen LogP contribution is 2.08. The molecule has 1 amide bonds. The Morgan fingerprint density at radius 3 is 2.61 bits per heavy atom. The third-order valence-electron chi connectivity index (χ3n) is 3.94. The van der Waals surface area contributed by atoms with Crippen LogP contribution in [0.25, 0.3) is 0 Å². The van der Waals surface area contributed by atoms with Gasteiger partial charge in [-0.05, 0) is 30.2 Å². The zero-order valence-electron chi connectivity index (χ0n) is 16.7. The molecule has 0 bridgehead atoms. The van der Waals surface area contributed by atoms with Crippen molar-refractivity contribution < 1.29 is 9.53 Å². The largest absolute Gasteiger partial charge is 0.481 e. The van der Waals surface area contributed by atoms with Gasteiger partial charge in [0.25, 0.3) is 5.91 Å². The number of hydrogen-bond donors (Lipinski definition) is 2. The van der Waals surface area contributed by atoms with Crippen molar-refractivity contribution in [1.82, 2.24) is 20.5 Å². The molecule has 2 N–H and O–H groups in total. The summed E-state index contributed by atoms with van der Waals surface area (Å²) < 4.78 is 5.13. The van der Waals surface area contributed by atoms with E-state index >= 15 is 0 Å². The van der Waals surface area contributed by atoms with E-state index in [1.807, 2.05) is 42.5 Å². The number of hydrogen-bond acceptors (Lipinski definition) is 4. The molecule has 0 spiro atoms. The van der Waals surface area contributed by atoms with Gasteiger partial charge in [-0.1, -0.05) is 18.2 Å². The highest BCUT2D eigenvalue weighted by Gasteiger charge is 2.08. The predicted molar refractivity (Wildman–Crippen MR) is 123 cm³/mol. The Bertz CT molecular complexity index is 796. The van der Waals surface area contributed by atoms with Crippen LogP contribution in [0.2, 0.25) is 0 Å². The molecule has 0 aliphatic rings. The van der Waals surface area contributed by atoms with E-state index in [9.17, 15) is 4.79 Å². The van der Waals surface area contributed by atoms with Gasteiger partial charge < -0.3 is 20.3 Å². The van der Waals surface area contributed by atoms with Crippen LogP contribution >= 0.6 is 24.0 Å². The fraction of sp³-hybridized carbons (Fsp3) is 0.350. The predicted octanol–water partition coefficient (Wildman–Crippen LogP) is 2.32. The Kier molecular flexibility index (Phi) is 10.3. The first-order valence-corrected chi connectivity index (χ1v) is 8.78. The summed E-state index contributed by atoms with van der Waals surface area (Å²) in [6.45, 7) is 1.24. The van der Waals surface area contributed by atoms with Crippen molar-refractivity contribution in [2.75, 3.05) is 34.8 Å². The van der Waals surface area contributed by atoms with Crippen molar-refractivity contribution in [3.63, 3.8) is 0 Å². The Labute approximate surface area is 183 Å². The summed E-state index contributed by atoms with van der Waals surface area (Å²) in [5.41, 5.74) is 2.66. The van der Waals surface area contributed by atoms with Gasteiger partial charge in [0.15, 0.2) is 5.96 Å². The van der Waals surface area contributed by atoms with Gasteiger partial charge in [-0.15, -0.1) is 24.0 Å². The molecule has 0 aliphatic heterocycles. The van der Waals surface area contributed by atoms with Crippen molar-refractivity contribution >= 4 is 35.8 Å². The van der Waals surface area contributed by atoms with Gasteiger partial charge in [0.05, 0.1) is 19.3 Å². The number of ether oxygens (including phenoxy) is 1. The molecule has 0 radical (unpaired) electrons. The Hall–Kier alpha value is -2.36. The molecule has 0 atom stereocenters. The maximum Gasteiger partial charge on any atom is 0.253 e. The van der Waals surface area contributed by atoms with Crippen molar-refractivity contribution in [1.29, 1.82) is 0 Å². The van der Waals surface area contributed by atoms with E-state index in [0.717, 1.165) is 17.7 Å². The van der Waals surface area contributed by atoms with E-state index in [1.165, 1.54) is 0 Å². The number of carbonyl (C=O) groups excluding carboxylic acids is 1. The molecule has 0 aliphatic carbocycles. The number of pyridine rings is 1. The summed E-state index contributed by atoms with van der Waals surface area (Å²) in [5.74, 6) is 1.29. The van der Waals surface area contributed by atoms with E-state index < -0.39 is 0 Å². The standard InChI is InChI=1S/C20H27N5O2.HI/c1-21-20(23-14-17-9-6-10-18(24-17)27-4)22-12-11-15-7-5-8-16(13-15)19(26)25(2)3;/h5-10,13H,11-12,14H2,1-4H3,(H2,21,22,23);1H. The summed E-state index contributed by atoms with van der Waals surface area (Å²) in [7, 11) is 6.83. The van der Waals surface area contributed by atoms with Crippen LogP contribution in [0.4, 0.5) is 0 Å². The zero-order valence-corrected chi connectivity index (χ0v) is 19.1. The van der Waals surface area contributed by atoms with E-state index in [4.69, 9.17) is 4.74 Å². The van der Waals surface area contributed by atoms with Gasteiger partial charge in [0.1, 0.15) is 0 Å². The van der Waals surface area contributed by atoms with E-state index in [0.29, 0.717) is 30.5 Å². The lowest BCUT2D eigenvalue weighted by atomic mass is 10.1. The molecular weight excluding hydrogens is 469 g/mol. The number of amides is 1. The van der Waals surface area contributed by atoms with Gasteiger partial charge in [-0.25, -0.2) is 4.98 Å². The highest BCUT2D eigenvalue weighted by atomic mass is 127. The second kappa shape index (κ2) is 12.2. The summed E-state index contributed by atoms with van der Waals surface area (Å²) in [6, 6.07) is 13.3. The molecule has 28 heavy (non-hydrogen) atoms. The van der Waals surface area contributed by atoms with Crippen LogP contribution in [0, 0.1) is 0 Å². The normalized spacial score (nSPS) is 10.6. The van der Waals surface area contributed by atoms with Gasteiger partial charge >= 0.3 is 0 Å². The van der Waals surface area contributed by atoms with Gasteiger partial charge in [-0.3, -0.25) is 9.79 Å². The van der Waals surface area contributed by atoms with Gasteiger partial charge in [-0.2, -0.15) is 0 Å². The molecule has 7 nitrogen and oxygen atoms in total. The minimum absolute atomic E-state index is 0. The zero-order chi connectivity index (χ0) is 19.6. The minimum atomic E-state index is 0.